The van der Waals surface area contributed by atoms with Crippen LogP contribution in [0.4, 0.5) is 0 Å². The Morgan fingerprint density at radius 3 is 2.71 bits per heavy atom. The largest absolute Gasteiger partial charge is 0.506 e. The number of nitrogens with one attached hydrogen (secondary N) is 1. The summed E-state index contributed by atoms with van der Waals surface area (Å²) in [7, 11) is 0. The number of nitrogens with zero attached hydrogens (tertiary/aromatic N) is 2. The van der Waals surface area contributed by atoms with Crippen LogP contribution in [0.1, 0.15) is 21.5 Å². The number of pyridine rings is 1. The molecule has 1 heterocycles. The first-order valence-electron chi connectivity index (χ1n) is 9.47. The minimum absolute atomic E-state index is 0.0842. The maximum absolute atomic E-state index is 12.2. The average Bonchev–Trinajstić information content (AvgIpc) is 2.80. The van der Waals surface area contributed by atoms with Crippen molar-refractivity contribution in [3.63, 3.8) is 0 Å². The third kappa shape index (κ3) is 4.82. The normalized spacial score (nSPS) is 11.0. The van der Waals surface area contributed by atoms with Gasteiger partial charge in [-0.2, -0.15) is 5.10 Å². The molecule has 4 aromatic rings. The Labute approximate surface area is 183 Å². The molecule has 0 saturated carbocycles. The zero-order valence-corrected chi connectivity index (χ0v) is 17.1. The number of fused-ring (bicyclic) bond motifs is 1. The number of halogens is 1. The van der Waals surface area contributed by atoms with Gasteiger partial charge in [-0.25, -0.2) is 5.43 Å². The molecule has 31 heavy (non-hydrogen) atoms. The van der Waals surface area contributed by atoms with Gasteiger partial charge in [0.1, 0.15) is 18.1 Å². The number of hydrazone groups is 1. The number of carbonyl (C=O) groups excluding carboxylic acids is 1. The third-order valence-corrected chi connectivity index (χ3v) is 4.92. The van der Waals surface area contributed by atoms with Crippen LogP contribution in [0.2, 0.25) is 5.02 Å². The fraction of sp³-hybridized carbons (Fsp3) is 0.0417. The molecule has 0 unspecified atom stereocenters. The van der Waals surface area contributed by atoms with E-state index in [9.17, 15) is 9.90 Å². The van der Waals surface area contributed by atoms with Crippen molar-refractivity contribution in [2.75, 3.05) is 0 Å². The SMILES string of the molecule is O=C(N/N=C/c1ccc(OCc2cccnc2)c2ccccc12)c1ccc(O)c(Cl)c1. The molecule has 1 amide bonds. The molecule has 0 aliphatic carbocycles. The number of hydrogen-bond donors (Lipinski definition) is 2. The van der Waals surface area contributed by atoms with E-state index in [1.54, 1.807) is 18.6 Å². The fourth-order valence-electron chi connectivity index (χ4n) is 3.05. The van der Waals surface area contributed by atoms with Crippen molar-refractivity contribution < 1.29 is 14.6 Å². The molecule has 0 spiro atoms. The lowest BCUT2D eigenvalue weighted by atomic mass is 10.0. The van der Waals surface area contributed by atoms with Crippen molar-refractivity contribution in [1.29, 1.82) is 0 Å². The molecule has 4 rings (SSSR count). The summed E-state index contributed by atoms with van der Waals surface area (Å²) in [5, 5.41) is 15.5. The quantitative estimate of drug-likeness (QED) is 0.334. The number of rotatable bonds is 6. The number of ether oxygens (including phenoxy) is 1. The number of phenols is 1. The van der Waals surface area contributed by atoms with E-state index in [1.165, 1.54) is 18.2 Å². The highest BCUT2D eigenvalue weighted by Crippen LogP contribution is 2.28. The van der Waals surface area contributed by atoms with Crippen LogP contribution in [0.15, 0.2) is 84.2 Å². The maximum Gasteiger partial charge on any atom is 0.271 e. The number of phenolic OH excluding ortho intramolecular Hbond substituents is 1. The lowest BCUT2D eigenvalue weighted by Gasteiger charge is -2.11. The zero-order chi connectivity index (χ0) is 21.6. The number of aromatic nitrogens is 1. The predicted molar refractivity (Wildman–Crippen MR) is 121 cm³/mol. The van der Waals surface area contributed by atoms with Gasteiger partial charge in [-0.1, -0.05) is 41.9 Å². The van der Waals surface area contributed by atoms with Crippen molar-refractivity contribution in [2.45, 2.75) is 6.61 Å². The van der Waals surface area contributed by atoms with Crippen LogP contribution < -0.4 is 10.2 Å². The van der Waals surface area contributed by atoms with Crippen LogP contribution in [0.3, 0.4) is 0 Å². The molecule has 0 bridgehead atoms. The number of hydrogen-bond acceptors (Lipinski definition) is 5. The molecule has 0 fully saturated rings. The predicted octanol–water partition coefficient (Wildman–Crippen LogP) is 4.94. The average molecular weight is 432 g/mol. The summed E-state index contributed by atoms with van der Waals surface area (Å²) in [4.78, 5) is 16.3. The smallest absolute Gasteiger partial charge is 0.271 e. The van der Waals surface area contributed by atoms with E-state index in [0.29, 0.717) is 12.2 Å². The molecular weight excluding hydrogens is 414 g/mol. The molecule has 0 atom stereocenters. The topological polar surface area (TPSA) is 83.8 Å². The van der Waals surface area contributed by atoms with E-state index in [0.717, 1.165) is 27.6 Å². The summed E-state index contributed by atoms with van der Waals surface area (Å²) in [6.07, 6.45) is 5.07. The number of carbonyl (C=O) groups is 1. The van der Waals surface area contributed by atoms with Crippen LogP contribution in [-0.2, 0) is 6.61 Å². The summed E-state index contributed by atoms with van der Waals surface area (Å²) in [5.74, 6) is 0.234. The van der Waals surface area contributed by atoms with E-state index in [4.69, 9.17) is 16.3 Å². The van der Waals surface area contributed by atoms with Crippen LogP contribution in [-0.4, -0.2) is 22.2 Å². The molecule has 7 heteroatoms. The van der Waals surface area contributed by atoms with E-state index in [1.807, 2.05) is 48.5 Å². The molecule has 0 saturated heterocycles. The Kier molecular flexibility index (Phi) is 6.10. The van der Waals surface area contributed by atoms with Crippen molar-refractivity contribution in [3.05, 3.63) is 101 Å². The van der Waals surface area contributed by atoms with Gasteiger partial charge in [0.15, 0.2) is 0 Å². The summed E-state index contributed by atoms with van der Waals surface area (Å²) in [6, 6.07) is 19.6. The minimum Gasteiger partial charge on any atom is -0.506 e. The monoisotopic (exact) mass is 431 g/mol. The minimum atomic E-state index is -0.432. The third-order valence-electron chi connectivity index (χ3n) is 4.61. The summed E-state index contributed by atoms with van der Waals surface area (Å²) in [5.41, 5.74) is 4.58. The first-order valence-corrected chi connectivity index (χ1v) is 9.85. The molecule has 0 radical (unpaired) electrons. The van der Waals surface area contributed by atoms with E-state index >= 15 is 0 Å². The van der Waals surface area contributed by atoms with Gasteiger partial charge in [0.05, 0.1) is 11.2 Å². The van der Waals surface area contributed by atoms with Gasteiger partial charge in [0, 0.05) is 34.5 Å². The van der Waals surface area contributed by atoms with Crippen molar-refractivity contribution in [1.82, 2.24) is 10.4 Å². The summed E-state index contributed by atoms with van der Waals surface area (Å²) in [6.45, 7) is 0.413. The Morgan fingerprint density at radius 1 is 1.10 bits per heavy atom. The Hall–Kier alpha value is -3.90. The standard InChI is InChI=1S/C24H18ClN3O3/c25-21-12-17(7-9-22(21)29)24(30)28-27-14-18-8-10-23(20-6-2-1-5-19(18)20)31-15-16-4-3-11-26-13-16/h1-14,29H,15H2,(H,28,30)/b27-14+. The van der Waals surface area contributed by atoms with Gasteiger partial charge < -0.3 is 9.84 Å². The molecular formula is C24H18ClN3O3. The van der Waals surface area contributed by atoms with E-state index in [-0.39, 0.29) is 10.8 Å². The van der Waals surface area contributed by atoms with Crippen LogP contribution in [0, 0.1) is 0 Å². The van der Waals surface area contributed by atoms with Gasteiger partial charge in [-0.3, -0.25) is 9.78 Å². The number of aromatic hydroxyl groups is 1. The fourth-order valence-corrected chi connectivity index (χ4v) is 3.23. The van der Waals surface area contributed by atoms with Crippen molar-refractivity contribution in [3.8, 4) is 11.5 Å². The molecule has 3 aromatic carbocycles. The highest BCUT2D eigenvalue weighted by Gasteiger charge is 2.09. The molecule has 2 N–H and O–H groups in total. The second kappa shape index (κ2) is 9.28. The van der Waals surface area contributed by atoms with E-state index in [2.05, 4.69) is 15.5 Å². The Balaban J connectivity index is 1.51. The van der Waals surface area contributed by atoms with Crippen molar-refractivity contribution >= 4 is 34.5 Å². The van der Waals surface area contributed by atoms with Gasteiger partial charge >= 0.3 is 0 Å². The molecule has 0 aliphatic heterocycles. The molecule has 0 aliphatic rings. The second-order valence-electron chi connectivity index (χ2n) is 6.71. The maximum atomic E-state index is 12.2. The van der Waals surface area contributed by atoms with Crippen LogP contribution in [0.5, 0.6) is 11.5 Å². The Bertz CT molecular complexity index is 1260. The van der Waals surface area contributed by atoms with Crippen molar-refractivity contribution in [2.24, 2.45) is 5.10 Å². The number of benzene rings is 3. The zero-order valence-electron chi connectivity index (χ0n) is 16.3. The first-order chi connectivity index (χ1) is 15.1. The van der Waals surface area contributed by atoms with E-state index < -0.39 is 5.91 Å². The van der Waals surface area contributed by atoms with Gasteiger partial charge in [-0.15, -0.1) is 0 Å². The lowest BCUT2D eigenvalue weighted by Crippen LogP contribution is -2.17. The Morgan fingerprint density at radius 2 is 1.94 bits per heavy atom. The van der Waals surface area contributed by atoms with Crippen LogP contribution >= 0.6 is 11.6 Å². The van der Waals surface area contributed by atoms with Gasteiger partial charge in [0.25, 0.3) is 5.91 Å². The van der Waals surface area contributed by atoms with Gasteiger partial charge in [-0.05, 0) is 41.8 Å². The number of amides is 1. The highest BCUT2D eigenvalue weighted by atomic mass is 35.5. The van der Waals surface area contributed by atoms with Gasteiger partial charge in [0.2, 0.25) is 0 Å². The highest BCUT2D eigenvalue weighted by molar-refractivity contribution is 6.32. The lowest BCUT2D eigenvalue weighted by molar-refractivity contribution is 0.0955. The summed E-state index contributed by atoms with van der Waals surface area (Å²) < 4.78 is 5.99. The molecule has 154 valence electrons. The van der Waals surface area contributed by atoms with Crippen LogP contribution in [0.25, 0.3) is 10.8 Å². The first kappa shape index (κ1) is 20.4. The summed E-state index contributed by atoms with van der Waals surface area (Å²) >= 11 is 5.85. The second-order valence-corrected chi connectivity index (χ2v) is 7.12. The molecule has 1 aromatic heterocycles. The molecule has 6 nitrogen and oxygen atoms in total.